The second-order valence-electron chi connectivity index (χ2n) is 6.21. The molecule has 1 amide bonds. The molecule has 5 nitrogen and oxygen atoms in total. The number of rotatable bonds is 4. The molecule has 126 valence electrons. The van der Waals surface area contributed by atoms with Crippen LogP contribution >= 0.6 is 11.6 Å². The average Bonchev–Trinajstić information content (AvgIpc) is 3.33. The van der Waals surface area contributed by atoms with Crippen LogP contribution in [0.1, 0.15) is 48.9 Å². The molecule has 1 aliphatic heterocycles. The summed E-state index contributed by atoms with van der Waals surface area (Å²) in [6, 6.07) is 4.58. The first-order chi connectivity index (χ1) is 11.0. The van der Waals surface area contributed by atoms with Crippen LogP contribution in [0.4, 0.5) is 0 Å². The Morgan fingerprint density at radius 1 is 1.13 bits per heavy atom. The van der Waals surface area contributed by atoms with Gasteiger partial charge in [-0.1, -0.05) is 24.4 Å². The molecular formula is C16H21ClN2O3S. The van der Waals surface area contributed by atoms with Gasteiger partial charge in [0.1, 0.15) is 0 Å². The number of amides is 1. The zero-order valence-electron chi connectivity index (χ0n) is 12.9. The van der Waals surface area contributed by atoms with Gasteiger partial charge in [-0.05, 0) is 43.9 Å². The number of sulfonamides is 1. The van der Waals surface area contributed by atoms with Crippen LogP contribution in [0.5, 0.6) is 0 Å². The lowest BCUT2D eigenvalue weighted by Crippen LogP contribution is -2.32. The van der Waals surface area contributed by atoms with Gasteiger partial charge in [-0.2, -0.15) is 4.31 Å². The number of halogens is 1. The molecule has 0 spiro atoms. The second-order valence-corrected chi connectivity index (χ2v) is 8.55. The number of hydrogen-bond acceptors (Lipinski definition) is 3. The molecule has 1 aromatic carbocycles. The molecule has 1 heterocycles. The van der Waals surface area contributed by atoms with Crippen LogP contribution in [0, 0.1) is 0 Å². The lowest BCUT2D eigenvalue weighted by molar-refractivity contribution is 0.0951. The van der Waals surface area contributed by atoms with Gasteiger partial charge in [0.2, 0.25) is 10.0 Å². The van der Waals surface area contributed by atoms with Crippen molar-refractivity contribution in [3.05, 3.63) is 28.8 Å². The Hall–Kier alpha value is -1.11. The highest BCUT2D eigenvalue weighted by atomic mass is 35.5. The molecule has 1 saturated heterocycles. The van der Waals surface area contributed by atoms with Crippen LogP contribution < -0.4 is 5.32 Å². The summed E-state index contributed by atoms with van der Waals surface area (Å²) in [5.41, 5.74) is 0.231. The number of nitrogens with zero attached hydrogens (tertiary/aromatic N) is 1. The van der Waals surface area contributed by atoms with Crippen LogP contribution in [0.15, 0.2) is 23.1 Å². The SMILES string of the molecule is O=C(NC1CC1)c1cc(S(=O)(=O)N2CCCCCC2)ccc1Cl. The maximum Gasteiger partial charge on any atom is 0.253 e. The van der Waals surface area contributed by atoms with E-state index in [1.807, 2.05) is 0 Å². The zero-order chi connectivity index (χ0) is 16.4. The largest absolute Gasteiger partial charge is 0.349 e. The molecule has 0 aromatic heterocycles. The Labute approximate surface area is 142 Å². The number of nitrogens with one attached hydrogen (secondary N) is 1. The van der Waals surface area contributed by atoms with E-state index in [1.165, 1.54) is 22.5 Å². The topological polar surface area (TPSA) is 66.5 Å². The summed E-state index contributed by atoms with van der Waals surface area (Å²) in [5, 5.41) is 3.12. The second kappa shape index (κ2) is 6.79. The maximum atomic E-state index is 12.8. The quantitative estimate of drug-likeness (QED) is 0.902. The monoisotopic (exact) mass is 356 g/mol. The number of hydrogen-bond donors (Lipinski definition) is 1. The lowest BCUT2D eigenvalue weighted by Gasteiger charge is -2.20. The van der Waals surface area contributed by atoms with Crippen molar-refractivity contribution in [3.63, 3.8) is 0 Å². The zero-order valence-corrected chi connectivity index (χ0v) is 14.5. The molecule has 0 unspecified atom stereocenters. The third-order valence-electron chi connectivity index (χ3n) is 4.30. The van der Waals surface area contributed by atoms with Crippen LogP contribution in [0.25, 0.3) is 0 Å². The predicted molar refractivity (Wildman–Crippen MR) is 89.2 cm³/mol. The first-order valence-corrected chi connectivity index (χ1v) is 9.91. The molecule has 3 rings (SSSR count). The molecular weight excluding hydrogens is 336 g/mol. The van der Waals surface area contributed by atoms with Gasteiger partial charge in [-0.15, -0.1) is 0 Å². The van der Waals surface area contributed by atoms with E-state index in [2.05, 4.69) is 5.32 Å². The smallest absolute Gasteiger partial charge is 0.253 e. The van der Waals surface area contributed by atoms with E-state index >= 15 is 0 Å². The minimum Gasteiger partial charge on any atom is -0.349 e. The molecule has 0 bridgehead atoms. The Morgan fingerprint density at radius 2 is 1.78 bits per heavy atom. The molecule has 23 heavy (non-hydrogen) atoms. The fourth-order valence-corrected chi connectivity index (χ4v) is 4.51. The van der Waals surface area contributed by atoms with Gasteiger partial charge >= 0.3 is 0 Å². The average molecular weight is 357 g/mol. The summed E-state index contributed by atoms with van der Waals surface area (Å²) in [5.74, 6) is -0.301. The van der Waals surface area contributed by atoms with Gasteiger partial charge in [-0.3, -0.25) is 4.79 Å². The van der Waals surface area contributed by atoms with Crippen LogP contribution in [0.2, 0.25) is 5.02 Å². The Kier molecular flexibility index (Phi) is 4.94. The Bertz CT molecular complexity index is 693. The van der Waals surface area contributed by atoms with Crippen molar-refractivity contribution in [2.75, 3.05) is 13.1 Å². The summed E-state index contributed by atoms with van der Waals surface area (Å²) in [4.78, 5) is 12.4. The summed E-state index contributed by atoms with van der Waals surface area (Å²) >= 11 is 6.09. The first-order valence-electron chi connectivity index (χ1n) is 8.09. The fraction of sp³-hybridized carbons (Fsp3) is 0.562. The summed E-state index contributed by atoms with van der Waals surface area (Å²) < 4.78 is 27.1. The van der Waals surface area contributed by atoms with Crippen molar-refractivity contribution in [2.45, 2.75) is 49.5 Å². The number of carbonyl (C=O) groups is 1. The standard InChI is InChI=1S/C16H21ClN2O3S/c17-15-8-7-13(11-14(15)16(20)18-12-5-6-12)23(21,22)19-9-3-1-2-4-10-19/h7-8,11-12H,1-6,9-10H2,(H,18,20). The van der Waals surface area contributed by atoms with Gasteiger partial charge in [0.25, 0.3) is 5.91 Å². The van der Waals surface area contributed by atoms with E-state index < -0.39 is 10.0 Å². The van der Waals surface area contributed by atoms with Gasteiger partial charge in [0.15, 0.2) is 0 Å². The van der Waals surface area contributed by atoms with E-state index in [0.717, 1.165) is 38.5 Å². The highest BCUT2D eigenvalue weighted by Gasteiger charge is 2.28. The molecule has 1 saturated carbocycles. The van der Waals surface area contributed by atoms with E-state index in [0.29, 0.717) is 13.1 Å². The molecule has 0 atom stereocenters. The number of carbonyl (C=O) groups excluding carboxylic acids is 1. The van der Waals surface area contributed by atoms with E-state index in [-0.39, 0.29) is 27.4 Å². The first kappa shape index (κ1) is 16.7. The van der Waals surface area contributed by atoms with E-state index in [9.17, 15) is 13.2 Å². The Balaban J connectivity index is 1.87. The summed E-state index contributed by atoms with van der Waals surface area (Å²) in [6.45, 7) is 1.07. The van der Waals surface area contributed by atoms with E-state index in [4.69, 9.17) is 11.6 Å². The van der Waals surface area contributed by atoms with Gasteiger partial charge in [0, 0.05) is 19.1 Å². The lowest BCUT2D eigenvalue weighted by atomic mass is 10.2. The Morgan fingerprint density at radius 3 is 2.39 bits per heavy atom. The number of benzene rings is 1. The van der Waals surface area contributed by atoms with Crippen molar-refractivity contribution in [1.82, 2.24) is 9.62 Å². The minimum absolute atomic E-state index is 0.143. The molecule has 1 N–H and O–H groups in total. The van der Waals surface area contributed by atoms with Gasteiger partial charge in [0.05, 0.1) is 15.5 Å². The highest BCUT2D eigenvalue weighted by Crippen LogP contribution is 2.26. The van der Waals surface area contributed by atoms with Crippen LogP contribution in [-0.4, -0.2) is 37.8 Å². The third-order valence-corrected chi connectivity index (χ3v) is 6.52. The minimum atomic E-state index is -3.58. The van der Waals surface area contributed by atoms with Crippen molar-refractivity contribution in [3.8, 4) is 0 Å². The van der Waals surface area contributed by atoms with Gasteiger partial charge in [-0.25, -0.2) is 8.42 Å². The third kappa shape index (κ3) is 3.87. The van der Waals surface area contributed by atoms with Crippen molar-refractivity contribution >= 4 is 27.5 Å². The molecule has 2 aliphatic rings. The summed E-state index contributed by atoms with van der Waals surface area (Å²) in [6.07, 6.45) is 5.80. The molecule has 2 fully saturated rings. The fourth-order valence-electron chi connectivity index (χ4n) is 2.76. The molecule has 0 radical (unpaired) electrons. The van der Waals surface area contributed by atoms with Crippen molar-refractivity contribution < 1.29 is 13.2 Å². The molecule has 7 heteroatoms. The normalized spacial score (nSPS) is 20.0. The molecule has 1 aliphatic carbocycles. The highest BCUT2D eigenvalue weighted by molar-refractivity contribution is 7.89. The van der Waals surface area contributed by atoms with Crippen molar-refractivity contribution in [1.29, 1.82) is 0 Å². The van der Waals surface area contributed by atoms with Gasteiger partial charge < -0.3 is 5.32 Å². The van der Waals surface area contributed by atoms with Crippen LogP contribution in [-0.2, 0) is 10.0 Å². The summed E-state index contributed by atoms with van der Waals surface area (Å²) in [7, 11) is -3.58. The van der Waals surface area contributed by atoms with Crippen LogP contribution in [0.3, 0.4) is 0 Å². The van der Waals surface area contributed by atoms with E-state index in [1.54, 1.807) is 0 Å². The predicted octanol–water partition coefficient (Wildman–Crippen LogP) is 2.80. The molecule has 1 aromatic rings. The maximum absolute atomic E-state index is 12.8. The van der Waals surface area contributed by atoms with Crippen molar-refractivity contribution in [2.24, 2.45) is 0 Å².